The fraction of sp³-hybridized carbons (Fsp3) is 0.273. The Morgan fingerprint density at radius 2 is 1.78 bits per heavy atom. The van der Waals surface area contributed by atoms with Gasteiger partial charge in [-0.3, -0.25) is 15.5 Å². The number of fused-ring (bicyclic) bond motifs is 2. The van der Waals surface area contributed by atoms with E-state index in [1.165, 1.54) is 12.1 Å². The SMILES string of the molecule is CC1C2(c3ccccc3)OC(=N)C1(C#N)C(C#N)(C#N)C(c1cc([N+](=O)[O-])ccc1Cl)O2. The molecule has 0 radical (unpaired) electrons. The molecule has 4 unspecified atom stereocenters. The molecule has 4 rings (SSSR count). The second-order valence-corrected chi connectivity index (χ2v) is 8.01. The van der Waals surface area contributed by atoms with Gasteiger partial charge in [-0.25, -0.2) is 0 Å². The van der Waals surface area contributed by atoms with Crippen LogP contribution in [0.2, 0.25) is 5.02 Å². The van der Waals surface area contributed by atoms with Gasteiger partial charge >= 0.3 is 0 Å². The summed E-state index contributed by atoms with van der Waals surface area (Å²) in [5, 5.41) is 50.6. The maximum atomic E-state index is 11.4. The van der Waals surface area contributed by atoms with E-state index in [0.29, 0.717) is 5.56 Å². The van der Waals surface area contributed by atoms with E-state index in [0.717, 1.165) is 6.07 Å². The number of nitro groups is 1. The smallest absolute Gasteiger partial charge is 0.269 e. The Bertz CT molecular complexity index is 1260. The average Bonchev–Trinajstić information content (AvgIpc) is 2.96. The third kappa shape index (κ3) is 2.37. The van der Waals surface area contributed by atoms with Crippen molar-refractivity contribution >= 4 is 23.2 Å². The van der Waals surface area contributed by atoms with Crippen LogP contribution in [0.3, 0.4) is 0 Å². The fourth-order valence-corrected chi connectivity index (χ4v) is 4.88. The third-order valence-corrected chi connectivity index (χ3v) is 6.66. The predicted octanol–water partition coefficient (Wildman–Crippen LogP) is 4.36. The first-order valence-corrected chi connectivity index (χ1v) is 9.81. The molecule has 32 heavy (non-hydrogen) atoms. The van der Waals surface area contributed by atoms with E-state index in [-0.39, 0.29) is 16.3 Å². The molecule has 2 saturated heterocycles. The van der Waals surface area contributed by atoms with Crippen LogP contribution in [0.5, 0.6) is 0 Å². The summed E-state index contributed by atoms with van der Waals surface area (Å²) in [4.78, 5) is 10.7. The summed E-state index contributed by atoms with van der Waals surface area (Å²) in [7, 11) is 0. The molecule has 0 amide bonds. The monoisotopic (exact) mass is 447 g/mol. The van der Waals surface area contributed by atoms with E-state index in [1.807, 2.05) is 18.2 Å². The zero-order chi connectivity index (χ0) is 23.3. The second kappa shape index (κ2) is 7.03. The Balaban J connectivity index is 2.08. The van der Waals surface area contributed by atoms with Gasteiger partial charge in [-0.1, -0.05) is 48.9 Å². The van der Waals surface area contributed by atoms with E-state index in [4.69, 9.17) is 26.5 Å². The molecule has 0 aromatic heterocycles. The van der Waals surface area contributed by atoms with E-state index >= 15 is 0 Å². The first-order valence-electron chi connectivity index (χ1n) is 9.43. The summed E-state index contributed by atoms with van der Waals surface area (Å²) in [6, 6.07) is 17.9. The van der Waals surface area contributed by atoms with Gasteiger partial charge in [0.25, 0.3) is 5.69 Å². The molecule has 9 nitrogen and oxygen atoms in total. The number of benzene rings is 2. The Morgan fingerprint density at radius 1 is 1.12 bits per heavy atom. The molecule has 0 saturated carbocycles. The van der Waals surface area contributed by atoms with Crippen LogP contribution >= 0.6 is 11.6 Å². The lowest BCUT2D eigenvalue weighted by molar-refractivity contribution is -0.385. The van der Waals surface area contributed by atoms with Crippen molar-refractivity contribution in [2.45, 2.75) is 18.8 Å². The van der Waals surface area contributed by atoms with Crippen molar-refractivity contribution in [3.05, 3.63) is 74.8 Å². The number of nitrogens with one attached hydrogen (secondary N) is 1. The van der Waals surface area contributed by atoms with Crippen LogP contribution in [0.1, 0.15) is 24.2 Å². The van der Waals surface area contributed by atoms with Crippen molar-refractivity contribution in [2.75, 3.05) is 0 Å². The maximum Gasteiger partial charge on any atom is 0.269 e. The summed E-state index contributed by atoms with van der Waals surface area (Å²) in [6.07, 6.45) is -1.52. The van der Waals surface area contributed by atoms with Crippen LogP contribution in [0.15, 0.2) is 48.5 Å². The average molecular weight is 448 g/mol. The number of ether oxygens (including phenoxy) is 2. The number of hydrogen-bond donors (Lipinski definition) is 1. The van der Waals surface area contributed by atoms with Crippen LogP contribution < -0.4 is 0 Å². The van der Waals surface area contributed by atoms with Gasteiger partial charge in [0.2, 0.25) is 17.1 Å². The Labute approximate surface area is 187 Å². The number of nitro benzene ring substituents is 1. The van der Waals surface area contributed by atoms with Gasteiger partial charge in [0.05, 0.1) is 29.0 Å². The molecule has 2 aliphatic heterocycles. The van der Waals surface area contributed by atoms with Gasteiger partial charge in [-0.2, -0.15) is 15.8 Å². The summed E-state index contributed by atoms with van der Waals surface area (Å²) in [6.45, 7) is 1.58. The summed E-state index contributed by atoms with van der Waals surface area (Å²) in [5.41, 5.74) is -4.19. The first kappa shape index (κ1) is 21.3. The van der Waals surface area contributed by atoms with Gasteiger partial charge in [0.1, 0.15) is 6.10 Å². The van der Waals surface area contributed by atoms with Gasteiger partial charge in [-0.05, 0) is 6.07 Å². The minimum Gasteiger partial charge on any atom is -0.443 e. The molecule has 0 spiro atoms. The van der Waals surface area contributed by atoms with Crippen molar-refractivity contribution in [2.24, 2.45) is 16.7 Å². The zero-order valence-corrected chi connectivity index (χ0v) is 17.3. The predicted molar refractivity (Wildman–Crippen MR) is 110 cm³/mol. The first-order chi connectivity index (χ1) is 15.2. The van der Waals surface area contributed by atoms with Crippen LogP contribution in [-0.2, 0) is 15.3 Å². The molecule has 0 aliphatic carbocycles. The Kier molecular flexibility index (Phi) is 4.67. The standard InChI is InChI=1S/C22H14ClN5O4/c1-13-21(12-26)19(27)32-22(13,14-5-3-2-4-6-14)31-18(20(21,10-24)11-25)16-9-15(28(29)30)7-8-17(16)23/h2-9,13,18,27H,1H3. The summed E-state index contributed by atoms with van der Waals surface area (Å²) in [5.74, 6) is -3.21. The molecule has 2 aromatic carbocycles. The van der Waals surface area contributed by atoms with Crippen molar-refractivity contribution in [3.63, 3.8) is 0 Å². The third-order valence-electron chi connectivity index (χ3n) is 6.32. The number of halogens is 1. The fourth-order valence-electron chi connectivity index (χ4n) is 4.66. The van der Waals surface area contributed by atoms with Gasteiger partial charge in [0.15, 0.2) is 5.41 Å². The Hall–Kier alpha value is -3.97. The van der Waals surface area contributed by atoms with Crippen LogP contribution in [0, 0.1) is 66.3 Å². The molecule has 2 aromatic rings. The largest absolute Gasteiger partial charge is 0.443 e. The quantitative estimate of drug-likeness (QED) is 0.540. The highest BCUT2D eigenvalue weighted by Crippen LogP contribution is 2.69. The lowest BCUT2D eigenvalue weighted by atomic mass is 9.53. The molecule has 10 heteroatoms. The molecule has 158 valence electrons. The molecule has 2 heterocycles. The lowest BCUT2D eigenvalue weighted by Gasteiger charge is -2.48. The van der Waals surface area contributed by atoms with Gasteiger partial charge < -0.3 is 9.47 Å². The topological polar surface area (TPSA) is 157 Å². The number of hydrogen-bond acceptors (Lipinski definition) is 8. The van der Waals surface area contributed by atoms with E-state index in [1.54, 1.807) is 37.3 Å². The summed E-state index contributed by atoms with van der Waals surface area (Å²) < 4.78 is 12.1. The van der Waals surface area contributed by atoms with Crippen molar-refractivity contribution in [1.29, 1.82) is 21.2 Å². The molecular weight excluding hydrogens is 434 g/mol. The molecule has 4 atom stereocenters. The van der Waals surface area contributed by atoms with Gasteiger partial charge in [-0.15, -0.1) is 0 Å². The highest BCUT2D eigenvalue weighted by Gasteiger charge is 2.79. The van der Waals surface area contributed by atoms with Crippen molar-refractivity contribution in [3.8, 4) is 18.2 Å². The molecule has 1 N–H and O–H groups in total. The van der Waals surface area contributed by atoms with E-state index in [9.17, 15) is 25.9 Å². The van der Waals surface area contributed by atoms with Crippen molar-refractivity contribution in [1.82, 2.24) is 0 Å². The van der Waals surface area contributed by atoms with Crippen LogP contribution in [0.4, 0.5) is 5.69 Å². The second-order valence-electron chi connectivity index (χ2n) is 7.60. The molecule has 2 aliphatic rings. The van der Waals surface area contributed by atoms with Crippen molar-refractivity contribution < 1.29 is 14.4 Å². The highest BCUT2D eigenvalue weighted by molar-refractivity contribution is 6.31. The molecule has 2 fully saturated rings. The molecular formula is C22H14ClN5O4. The number of rotatable bonds is 3. The minimum atomic E-state index is -2.27. The lowest BCUT2D eigenvalue weighted by Crippen LogP contribution is -2.57. The minimum absolute atomic E-state index is 0.00672. The zero-order valence-electron chi connectivity index (χ0n) is 16.6. The maximum absolute atomic E-state index is 11.4. The normalized spacial score (nSPS) is 29.8. The van der Waals surface area contributed by atoms with Gasteiger partial charge in [0, 0.05) is 28.3 Å². The molecule has 2 bridgehead atoms. The Morgan fingerprint density at radius 3 is 2.34 bits per heavy atom. The highest BCUT2D eigenvalue weighted by atomic mass is 35.5. The summed E-state index contributed by atoms with van der Waals surface area (Å²) >= 11 is 6.35. The number of non-ortho nitro benzene ring substituents is 1. The number of nitriles is 3. The van der Waals surface area contributed by atoms with Crippen LogP contribution in [-0.4, -0.2) is 10.8 Å². The van der Waals surface area contributed by atoms with Crippen LogP contribution in [0.25, 0.3) is 0 Å². The van der Waals surface area contributed by atoms with E-state index < -0.39 is 39.5 Å². The van der Waals surface area contributed by atoms with E-state index in [2.05, 4.69) is 0 Å². The number of nitrogens with zero attached hydrogens (tertiary/aromatic N) is 4.